The van der Waals surface area contributed by atoms with E-state index in [-0.39, 0.29) is 0 Å². The van der Waals surface area contributed by atoms with Crippen LogP contribution in [-0.2, 0) is 7.05 Å². The fourth-order valence-electron chi connectivity index (χ4n) is 0.849. The molecule has 0 fully saturated rings. The molecule has 0 aliphatic heterocycles. The van der Waals surface area contributed by atoms with E-state index in [1.54, 1.807) is 10.9 Å². The Morgan fingerprint density at radius 3 is 2.42 bits per heavy atom. The van der Waals surface area contributed by atoms with Gasteiger partial charge in [-0.3, -0.25) is 4.68 Å². The highest BCUT2D eigenvalue weighted by molar-refractivity contribution is 5.59. The molecule has 0 radical (unpaired) electrons. The normalized spacial score (nSPS) is 9.75. The summed E-state index contributed by atoms with van der Waals surface area (Å²) in [5, 5.41) is 4.04. The van der Waals surface area contributed by atoms with Crippen LogP contribution in [0.4, 0.5) is 5.82 Å². The summed E-state index contributed by atoms with van der Waals surface area (Å²) in [6.45, 7) is 7.89. The third-order valence-electron chi connectivity index (χ3n) is 1.34. The van der Waals surface area contributed by atoms with E-state index in [1.165, 1.54) is 0 Å². The van der Waals surface area contributed by atoms with Crippen molar-refractivity contribution >= 4 is 12.0 Å². The molecule has 12 heavy (non-hydrogen) atoms. The smallest absolute Gasteiger partial charge is 0.152 e. The van der Waals surface area contributed by atoms with Crippen LogP contribution in [0.15, 0.2) is 11.2 Å². The van der Waals surface area contributed by atoms with Crippen molar-refractivity contribution in [1.29, 1.82) is 0 Å². The first-order valence-corrected chi connectivity index (χ1v) is 4.23. The lowest BCUT2D eigenvalue weighted by Gasteiger charge is -1.93. The molecule has 0 bridgehead atoms. The standard InChI is InChI=1S/C7H11N3.C2H6/c1-4-8-7-6(2)5-9-10(7)3;1-2/h4-5H,1-3H3;1-2H3/b8-4-;. The van der Waals surface area contributed by atoms with Crippen molar-refractivity contribution in [3.8, 4) is 0 Å². The lowest BCUT2D eigenvalue weighted by Crippen LogP contribution is -1.87. The molecule has 1 aromatic rings. The number of nitrogens with zero attached hydrogens (tertiary/aromatic N) is 3. The van der Waals surface area contributed by atoms with Crippen LogP contribution >= 0.6 is 0 Å². The molecule has 0 unspecified atom stereocenters. The minimum absolute atomic E-state index is 0.933. The second-order valence-electron chi connectivity index (χ2n) is 2.16. The Morgan fingerprint density at radius 2 is 2.08 bits per heavy atom. The third kappa shape index (κ3) is 2.49. The Hall–Kier alpha value is -1.12. The molecule has 1 heterocycles. The maximum atomic E-state index is 4.14. The van der Waals surface area contributed by atoms with E-state index in [0.29, 0.717) is 0 Å². The van der Waals surface area contributed by atoms with E-state index in [0.717, 1.165) is 11.4 Å². The minimum Gasteiger partial charge on any atom is -0.251 e. The highest BCUT2D eigenvalue weighted by Gasteiger charge is 1.98. The lowest BCUT2D eigenvalue weighted by atomic mass is 10.4. The van der Waals surface area contributed by atoms with Crippen LogP contribution in [0, 0.1) is 6.92 Å². The van der Waals surface area contributed by atoms with Gasteiger partial charge in [0.1, 0.15) is 0 Å². The molecule has 0 aliphatic carbocycles. The first kappa shape index (κ1) is 10.9. The summed E-state index contributed by atoms with van der Waals surface area (Å²) in [4.78, 5) is 4.14. The predicted octanol–water partition coefficient (Wildman–Crippen LogP) is 2.48. The Bertz CT molecular complexity index is 229. The molecule has 1 aromatic heterocycles. The molecule has 3 nitrogen and oxygen atoms in total. The predicted molar refractivity (Wildman–Crippen MR) is 53.1 cm³/mol. The minimum atomic E-state index is 0.933. The van der Waals surface area contributed by atoms with Gasteiger partial charge in [-0.2, -0.15) is 5.10 Å². The van der Waals surface area contributed by atoms with Gasteiger partial charge >= 0.3 is 0 Å². The SMILES string of the molecule is C/C=N\c1c(C)cnn1C.CC. The highest BCUT2D eigenvalue weighted by atomic mass is 15.3. The molecule has 0 spiro atoms. The molecule has 68 valence electrons. The van der Waals surface area contributed by atoms with Crippen LogP contribution in [-0.4, -0.2) is 16.0 Å². The number of aromatic nitrogens is 2. The molecule has 0 N–H and O–H groups in total. The zero-order valence-electron chi connectivity index (χ0n) is 8.50. The topological polar surface area (TPSA) is 30.2 Å². The maximum absolute atomic E-state index is 4.14. The van der Waals surface area contributed by atoms with E-state index >= 15 is 0 Å². The molecule has 0 saturated carbocycles. The summed E-state index contributed by atoms with van der Waals surface area (Å²) in [6.07, 6.45) is 3.58. The van der Waals surface area contributed by atoms with Crippen molar-refractivity contribution in [2.45, 2.75) is 27.7 Å². The summed E-state index contributed by atoms with van der Waals surface area (Å²) in [5.41, 5.74) is 1.11. The van der Waals surface area contributed by atoms with E-state index in [4.69, 9.17) is 0 Å². The van der Waals surface area contributed by atoms with E-state index < -0.39 is 0 Å². The lowest BCUT2D eigenvalue weighted by molar-refractivity contribution is 0.770. The van der Waals surface area contributed by atoms with Crippen molar-refractivity contribution in [3.63, 3.8) is 0 Å². The van der Waals surface area contributed by atoms with Crippen LogP contribution in [0.1, 0.15) is 26.3 Å². The van der Waals surface area contributed by atoms with Gasteiger partial charge < -0.3 is 0 Å². The van der Waals surface area contributed by atoms with Crippen molar-refractivity contribution < 1.29 is 0 Å². The van der Waals surface area contributed by atoms with Crippen LogP contribution in [0.25, 0.3) is 0 Å². The van der Waals surface area contributed by atoms with Gasteiger partial charge in [0.05, 0.1) is 6.20 Å². The average molecular weight is 167 g/mol. The summed E-state index contributed by atoms with van der Waals surface area (Å²) < 4.78 is 1.76. The molecule has 0 aliphatic rings. The summed E-state index contributed by atoms with van der Waals surface area (Å²) >= 11 is 0. The second kappa shape index (κ2) is 5.52. The van der Waals surface area contributed by atoms with Gasteiger partial charge in [-0.25, -0.2) is 4.99 Å². The van der Waals surface area contributed by atoms with Gasteiger partial charge in [0.2, 0.25) is 0 Å². The van der Waals surface area contributed by atoms with Crippen molar-refractivity contribution in [2.75, 3.05) is 0 Å². The number of hydrogen-bond acceptors (Lipinski definition) is 2. The van der Waals surface area contributed by atoms with Crippen molar-refractivity contribution in [3.05, 3.63) is 11.8 Å². The molecule has 0 atom stereocenters. The number of hydrogen-bond donors (Lipinski definition) is 0. The zero-order chi connectivity index (χ0) is 9.56. The van der Waals surface area contributed by atoms with Crippen molar-refractivity contribution in [2.24, 2.45) is 12.0 Å². The van der Waals surface area contributed by atoms with Crippen LogP contribution < -0.4 is 0 Å². The number of aryl methyl sites for hydroxylation is 2. The molecule has 1 rings (SSSR count). The average Bonchev–Trinajstić information content (AvgIpc) is 2.40. The monoisotopic (exact) mass is 167 g/mol. The van der Waals surface area contributed by atoms with Gasteiger partial charge in [-0.1, -0.05) is 13.8 Å². The molecule has 0 saturated heterocycles. The molecule has 0 amide bonds. The number of aliphatic imine (C=N–C) groups is 1. The summed E-state index contributed by atoms with van der Waals surface area (Å²) in [5.74, 6) is 0.933. The van der Waals surface area contributed by atoms with Gasteiger partial charge in [0.15, 0.2) is 5.82 Å². The van der Waals surface area contributed by atoms with Gasteiger partial charge in [-0.05, 0) is 13.8 Å². The van der Waals surface area contributed by atoms with Crippen molar-refractivity contribution in [1.82, 2.24) is 9.78 Å². The first-order chi connectivity index (χ1) is 5.75. The third-order valence-corrected chi connectivity index (χ3v) is 1.34. The second-order valence-corrected chi connectivity index (χ2v) is 2.16. The molecular weight excluding hydrogens is 150 g/mol. The quantitative estimate of drug-likeness (QED) is 0.591. The largest absolute Gasteiger partial charge is 0.251 e. The zero-order valence-corrected chi connectivity index (χ0v) is 8.50. The Kier molecular flexibility index (Phi) is 5.00. The van der Waals surface area contributed by atoms with Crippen LogP contribution in [0.2, 0.25) is 0 Å². The highest BCUT2D eigenvalue weighted by Crippen LogP contribution is 2.14. The molecule has 3 heteroatoms. The molecular formula is C9H17N3. The fraction of sp³-hybridized carbons (Fsp3) is 0.556. The fourth-order valence-corrected chi connectivity index (χ4v) is 0.849. The summed E-state index contributed by atoms with van der Waals surface area (Å²) in [7, 11) is 1.88. The Labute approximate surface area is 74.1 Å². The van der Waals surface area contributed by atoms with Gasteiger partial charge in [-0.15, -0.1) is 0 Å². The number of rotatable bonds is 1. The Balaban J connectivity index is 0.000000561. The van der Waals surface area contributed by atoms with Gasteiger partial charge in [0, 0.05) is 18.8 Å². The van der Waals surface area contributed by atoms with E-state index in [9.17, 15) is 0 Å². The maximum Gasteiger partial charge on any atom is 0.152 e. The van der Waals surface area contributed by atoms with Gasteiger partial charge in [0.25, 0.3) is 0 Å². The summed E-state index contributed by atoms with van der Waals surface area (Å²) in [6, 6.07) is 0. The van der Waals surface area contributed by atoms with E-state index in [2.05, 4.69) is 10.1 Å². The van der Waals surface area contributed by atoms with E-state index in [1.807, 2.05) is 40.9 Å². The van der Waals surface area contributed by atoms with Crippen LogP contribution in [0.5, 0.6) is 0 Å². The first-order valence-electron chi connectivity index (χ1n) is 4.23. The van der Waals surface area contributed by atoms with Crippen LogP contribution in [0.3, 0.4) is 0 Å². The Morgan fingerprint density at radius 1 is 1.50 bits per heavy atom. The molecule has 0 aromatic carbocycles.